The van der Waals surface area contributed by atoms with Gasteiger partial charge >= 0.3 is 6.61 Å². The summed E-state index contributed by atoms with van der Waals surface area (Å²) < 4.78 is 29.5. The Bertz CT molecular complexity index is 458. The minimum Gasteiger partial charge on any atom is -0.433 e. The molecule has 1 aromatic carbocycles. The Morgan fingerprint density at radius 1 is 1.10 bits per heavy atom. The lowest BCUT2D eigenvalue weighted by Gasteiger charge is -2.52. The SMILES string of the molecule is FC(F)Oc1ccccc1NC1CCC12CCCCC2. The Labute approximate surface area is 118 Å². The lowest BCUT2D eigenvalue weighted by Crippen LogP contribution is -2.50. The van der Waals surface area contributed by atoms with Crippen molar-refractivity contribution in [3.05, 3.63) is 24.3 Å². The zero-order valence-corrected chi connectivity index (χ0v) is 11.6. The van der Waals surface area contributed by atoms with E-state index in [1.54, 1.807) is 12.1 Å². The molecule has 0 aromatic heterocycles. The predicted molar refractivity (Wildman–Crippen MR) is 75.2 cm³/mol. The molecule has 2 nitrogen and oxygen atoms in total. The highest BCUT2D eigenvalue weighted by Crippen LogP contribution is 2.53. The molecule has 20 heavy (non-hydrogen) atoms. The minimum atomic E-state index is -2.78. The third kappa shape index (κ3) is 2.60. The molecule has 0 radical (unpaired) electrons. The Morgan fingerprint density at radius 3 is 2.50 bits per heavy atom. The zero-order chi connectivity index (χ0) is 14.0. The van der Waals surface area contributed by atoms with Crippen LogP contribution in [-0.4, -0.2) is 12.7 Å². The molecule has 1 aromatic rings. The van der Waals surface area contributed by atoms with Crippen molar-refractivity contribution < 1.29 is 13.5 Å². The lowest BCUT2D eigenvalue weighted by molar-refractivity contribution is -0.0495. The summed E-state index contributed by atoms with van der Waals surface area (Å²) in [6, 6.07) is 7.41. The average molecular weight is 281 g/mol. The van der Waals surface area contributed by atoms with Crippen LogP contribution in [0.15, 0.2) is 24.3 Å². The molecule has 0 amide bonds. The van der Waals surface area contributed by atoms with Gasteiger partial charge in [0.2, 0.25) is 0 Å². The molecule has 2 aliphatic carbocycles. The minimum absolute atomic E-state index is 0.250. The number of rotatable bonds is 4. The molecule has 0 heterocycles. The molecule has 0 aliphatic heterocycles. The van der Waals surface area contributed by atoms with Crippen LogP contribution in [0.3, 0.4) is 0 Å². The molecule has 1 N–H and O–H groups in total. The fourth-order valence-corrected chi connectivity index (χ4v) is 3.75. The summed E-state index contributed by atoms with van der Waals surface area (Å²) in [4.78, 5) is 0. The van der Waals surface area contributed by atoms with Crippen molar-refractivity contribution >= 4 is 5.69 Å². The van der Waals surface area contributed by atoms with Gasteiger partial charge in [0.25, 0.3) is 0 Å². The molecule has 1 atom stereocenters. The van der Waals surface area contributed by atoms with Crippen LogP contribution in [0, 0.1) is 5.41 Å². The summed E-state index contributed by atoms with van der Waals surface area (Å²) >= 11 is 0. The van der Waals surface area contributed by atoms with Crippen molar-refractivity contribution in [2.24, 2.45) is 5.41 Å². The topological polar surface area (TPSA) is 21.3 Å². The van der Waals surface area contributed by atoms with Gasteiger partial charge in [0.15, 0.2) is 0 Å². The fourth-order valence-electron chi connectivity index (χ4n) is 3.75. The first kappa shape index (κ1) is 13.7. The van der Waals surface area contributed by atoms with Crippen molar-refractivity contribution in [2.75, 3.05) is 5.32 Å². The van der Waals surface area contributed by atoms with E-state index in [1.807, 2.05) is 12.1 Å². The lowest BCUT2D eigenvalue weighted by atomic mass is 9.57. The second kappa shape index (κ2) is 5.58. The van der Waals surface area contributed by atoms with Gasteiger partial charge in [-0.05, 0) is 43.2 Å². The highest BCUT2D eigenvalue weighted by molar-refractivity contribution is 5.57. The standard InChI is InChI=1S/C16H21F2NO/c17-15(18)20-13-7-3-2-6-12(13)19-14-8-11-16(14)9-4-1-5-10-16/h2-3,6-7,14-15,19H,1,4-5,8-11H2. The molecule has 2 saturated carbocycles. The largest absolute Gasteiger partial charge is 0.433 e. The Hall–Kier alpha value is -1.32. The summed E-state index contributed by atoms with van der Waals surface area (Å²) in [5.74, 6) is 0.250. The first-order valence-corrected chi connectivity index (χ1v) is 7.50. The van der Waals surface area contributed by atoms with Crippen LogP contribution in [0.4, 0.5) is 14.5 Å². The number of para-hydroxylation sites is 2. The van der Waals surface area contributed by atoms with E-state index in [0.29, 0.717) is 17.1 Å². The smallest absolute Gasteiger partial charge is 0.387 e. The molecule has 2 fully saturated rings. The molecule has 0 saturated heterocycles. The number of hydrogen-bond acceptors (Lipinski definition) is 2. The molecule has 3 rings (SSSR count). The fraction of sp³-hybridized carbons (Fsp3) is 0.625. The van der Waals surface area contributed by atoms with E-state index in [9.17, 15) is 8.78 Å². The second-order valence-corrected chi connectivity index (χ2v) is 6.03. The Morgan fingerprint density at radius 2 is 1.85 bits per heavy atom. The van der Waals surface area contributed by atoms with Crippen LogP contribution in [0.5, 0.6) is 5.75 Å². The number of halogens is 2. The molecule has 4 heteroatoms. The maximum Gasteiger partial charge on any atom is 0.387 e. The van der Waals surface area contributed by atoms with E-state index in [4.69, 9.17) is 0 Å². The number of ether oxygens (including phenoxy) is 1. The van der Waals surface area contributed by atoms with Crippen LogP contribution in [0.1, 0.15) is 44.9 Å². The number of benzene rings is 1. The normalized spacial score (nSPS) is 24.4. The highest BCUT2D eigenvalue weighted by Gasteiger charge is 2.46. The monoisotopic (exact) mass is 281 g/mol. The summed E-state index contributed by atoms with van der Waals surface area (Å²) in [6.45, 7) is -2.78. The van der Waals surface area contributed by atoms with Gasteiger partial charge in [-0.3, -0.25) is 0 Å². The molecule has 110 valence electrons. The first-order valence-electron chi connectivity index (χ1n) is 7.50. The zero-order valence-electron chi connectivity index (χ0n) is 11.6. The Balaban J connectivity index is 1.71. The van der Waals surface area contributed by atoms with Crippen LogP contribution in [0.25, 0.3) is 0 Å². The van der Waals surface area contributed by atoms with E-state index in [-0.39, 0.29) is 5.75 Å². The Kier molecular flexibility index (Phi) is 3.81. The number of anilines is 1. The number of alkyl halides is 2. The number of nitrogens with one attached hydrogen (secondary N) is 1. The van der Waals surface area contributed by atoms with Gasteiger partial charge < -0.3 is 10.1 Å². The van der Waals surface area contributed by atoms with E-state index in [1.165, 1.54) is 38.5 Å². The first-order chi connectivity index (χ1) is 9.70. The molecule has 1 spiro atoms. The summed E-state index contributed by atoms with van der Waals surface area (Å²) in [6.07, 6.45) is 8.86. The van der Waals surface area contributed by atoms with Crippen molar-refractivity contribution in [2.45, 2.75) is 57.6 Å². The highest BCUT2D eigenvalue weighted by atomic mass is 19.3. The van der Waals surface area contributed by atoms with Crippen LogP contribution >= 0.6 is 0 Å². The van der Waals surface area contributed by atoms with Crippen molar-refractivity contribution in [3.63, 3.8) is 0 Å². The molecular formula is C16H21F2NO. The predicted octanol–water partition coefficient (Wildman–Crippen LogP) is 4.81. The summed E-state index contributed by atoms with van der Waals surface area (Å²) in [5, 5.41) is 3.45. The van der Waals surface area contributed by atoms with E-state index < -0.39 is 6.61 Å². The maximum atomic E-state index is 12.4. The molecular weight excluding hydrogens is 260 g/mol. The summed E-state index contributed by atoms with van der Waals surface area (Å²) in [7, 11) is 0. The van der Waals surface area contributed by atoms with Crippen LogP contribution < -0.4 is 10.1 Å². The third-order valence-electron chi connectivity index (χ3n) is 4.95. The van der Waals surface area contributed by atoms with Crippen LogP contribution in [0.2, 0.25) is 0 Å². The van der Waals surface area contributed by atoms with Crippen LogP contribution in [-0.2, 0) is 0 Å². The van der Waals surface area contributed by atoms with E-state index in [2.05, 4.69) is 10.1 Å². The second-order valence-electron chi connectivity index (χ2n) is 6.03. The number of hydrogen-bond donors (Lipinski definition) is 1. The molecule has 0 bridgehead atoms. The van der Waals surface area contributed by atoms with E-state index in [0.717, 1.165) is 6.42 Å². The average Bonchev–Trinajstić information content (AvgIpc) is 2.45. The van der Waals surface area contributed by atoms with E-state index >= 15 is 0 Å². The van der Waals surface area contributed by atoms with Gasteiger partial charge in [-0.15, -0.1) is 0 Å². The third-order valence-corrected chi connectivity index (χ3v) is 4.95. The van der Waals surface area contributed by atoms with Crippen molar-refractivity contribution in [1.82, 2.24) is 0 Å². The molecule has 1 unspecified atom stereocenters. The van der Waals surface area contributed by atoms with Crippen molar-refractivity contribution in [1.29, 1.82) is 0 Å². The van der Waals surface area contributed by atoms with Gasteiger partial charge in [0.05, 0.1) is 5.69 Å². The molecule has 2 aliphatic rings. The summed E-state index contributed by atoms with van der Waals surface area (Å²) in [5.41, 5.74) is 1.10. The van der Waals surface area contributed by atoms with Crippen molar-refractivity contribution in [3.8, 4) is 5.75 Å². The van der Waals surface area contributed by atoms with Gasteiger partial charge in [-0.1, -0.05) is 31.4 Å². The quantitative estimate of drug-likeness (QED) is 0.855. The van der Waals surface area contributed by atoms with Gasteiger partial charge in [0, 0.05) is 6.04 Å². The van der Waals surface area contributed by atoms with Gasteiger partial charge in [-0.25, -0.2) is 0 Å². The van der Waals surface area contributed by atoms with Gasteiger partial charge in [0.1, 0.15) is 5.75 Å². The van der Waals surface area contributed by atoms with Gasteiger partial charge in [-0.2, -0.15) is 8.78 Å². The maximum absolute atomic E-state index is 12.4.